The van der Waals surface area contributed by atoms with Crippen LogP contribution in [0.3, 0.4) is 0 Å². The highest BCUT2D eigenvalue weighted by Crippen LogP contribution is 2.35. The van der Waals surface area contributed by atoms with Crippen LogP contribution in [0.4, 0.5) is 0 Å². The van der Waals surface area contributed by atoms with Crippen LogP contribution in [0, 0.1) is 5.92 Å². The molecule has 2 aliphatic rings. The van der Waals surface area contributed by atoms with Gasteiger partial charge in [0, 0.05) is 6.42 Å². The molecule has 78 heavy (non-hydrogen) atoms. The first-order valence-corrected chi connectivity index (χ1v) is 30.1. The lowest BCUT2D eigenvalue weighted by molar-refractivity contribution is -0.339. The van der Waals surface area contributed by atoms with Crippen LogP contribution in [-0.4, -0.2) is 197 Å². The molecule has 0 saturated carbocycles. The van der Waals surface area contributed by atoms with Crippen LogP contribution in [-0.2, 0) is 33.3 Å². The molecule has 14 N–H and O–H groups in total. The van der Waals surface area contributed by atoms with Gasteiger partial charge < -0.3 is 90.9 Å². The third kappa shape index (κ3) is 27.3. The van der Waals surface area contributed by atoms with Gasteiger partial charge in [0.1, 0.15) is 61.5 Å². The Morgan fingerprint density at radius 3 is 1.60 bits per heavy atom. The number of unbranched alkanes of at least 4 members (excludes halogenated alkanes) is 24. The summed E-state index contributed by atoms with van der Waals surface area (Å²) in [5.41, 5.74) is 0. The molecule has 0 aromatic heterocycles. The van der Waals surface area contributed by atoms with Crippen molar-refractivity contribution in [2.45, 2.75) is 311 Å². The summed E-state index contributed by atoms with van der Waals surface area (Å²) in [6.45, 7) is 2.95. The van der Waals surface area contributed by atoms with Crippen molar-refractivity contribution >= 4 is 17.8 Å². The largest absolute Gasteiger partial charge is 0.477 e. The Hall–Kier alpha value is -2.19. The van der Waals surface area contributed by atoms with Crippen LogP contribution < -0.4 is 10.6 Å². The highest BCUT2D eigenvalue weighted by Gasteiger charge is 2.57. The number of carboxylic acids is 1. The Morgan fingerprint density at radius 1 is 0.641 bits per heavy atom. The second kappa shape index (κ2) is 41.7. The van der Waals surface area contributed by atoms with Gasteiger partial charge in [0.15, 0.2) is 6.29 Å². The molecule has 21 nitrogen and oxygen atoms in total. The standard InChI is InChI=1S/C57H108N2O19/c1-4-6-7-8-9-10-11-12-13-14-15-16-17-18-19-20-23-27-30-33-42(63)54(72)58-40(48(67)41(62)32-29-26-24-21-22-25-28-31-39(3)5-2)37-75-55-52(71)51(70)50(69)45(77-55)38-76-57(56(73)74)34-43(64)47(59-46(66)36-61)53(78-57)49(68)44(65)35-60/h39-45,47-53,55,60-65,67-71H,4-38H2,1-3H3,(H,58,72)(H,59,66)(H,73,74)/t39?,40-,41+,42+,43-,44+,45+,47+,48-,49+,50+,51-,52+,53+,55+,57+/m0/s1. The van der Waals surface area contributed by atoms with Crippen molar-refractivity contribution in [3.63, 3.8) is 0 Å². The quantitative estimate of drug-likeness (QED) is 0.0384. The third-order valence-corrected chi connectivity index (χ3v) is 15.8. The monoisotopic (exact) mass is 1120 g/mol. The molecule has 0 aromatic carbocycles. The minimum absolute atomic E-state index is 0.142. The molecule has 0 bridgehead atoms. The number of hydrogen-bond donors (Lipinski definition) is 14. The van der Waals surface area contributed by atoms with E-state index in [4.69, 9.17) is 18.9 Å². The number of carboxylic acid groups (broad SMARTS) is 1. The van der Waals surface area contributed by atoms with Gasteiger partial charge in [0.2, 0.25) is 11.8 Å². The van der Waals surface area contributed by atoms with E-state index in [1.165, 1.54) is 109 Å². The molecule has 2 aliphatic heterocycles. The molecule has 2 amide bonds. The average Bonchev–Trinajstić information content (AvgIpc) is 3.43. The fourth-order valence-electron chi connectivity index (χ4n) is 10.3. The van der Waals surface area contributed by atoms with Gasteiger partial charge in [0.05, 0.1) is 44.1 Å². The van der Waals surface area contributed by atoms with E-state index < -0.39 is 142 Å². The number of amides is 2. The fraction of sp³-hybridized carbons (Fsp3) is 0.947. The number of hydrogen-bond acceptors (Lipinski definition) is 18. The van der Waals surface area contributed by atoms with Gasteiger partial charge in [-0.05, 0) is 18.8 Å². The van der Waals surface area contributed by atoms with Crippen LogP contribution >= 0.6 is 0 Å². The molecule has 16 atom stereocenters. The Bertz CT molecular complexity index is 1550. The van der Waals surface area contributed by atoms with E-state index >= 15 is 0 Å². The van der Waals surface area contributed by atoms with Crippen molar-refractivity contribution in [2.75, 3.05) is 26.4 Å². The molecular formula is C57H108N2O19. The van der Waals surface area contributed by atoms with Crippen LogP contribution in [0.15, 0.2) is 0 Å². The predicted molar refractivity (Wildman–Crippen MR) is 292 cm³/mol. The summed E-state index contributed by atoms with van der Waals surface area (Å²) in [4.78, 5) is 38.3. The first-order chi connectivity index (χ1) is 37.4. The van der Waals surface area contributed by atoms with Crippen LogP contribution in [0.2, 0.25) is 0 Å². The normalized spacial score (nSPS) is 26.4. The second-order valence-corrected chi connectivity index (χ2v) is 22.5. The lowest BCUT2D eigenvalue weighted by atomic mass is 9.88. The Labute approximate surface area is 465 Å². The van der Waals surface area contributed by atoms with Gasteiger partial charge in [0.25, 0.3) is 5.79 Å². The number of carbonyl (C=O) groups excluding carboxylic acids is 2. The van der Waals surface area contributed by atoms with Crippen LogP contribution in [0.5, 0.6) is 0 Å². The van der Waals surface area contributed by atoms with Gasteiger partial charge in [-0.2, -0.15) is 0 Å². The van der Waals surface area contributed by atoms with Crippen molar-refractivity contribution in [3.05, 3.63) is 0 Å². The smallest absolute Gasteiger partial charge is 0.364 e. The number of rotatable bonds is 47. The number of aliphatic carboxylic acids is 1. The number of ether oxygens (including phenoxy) is 4. The molecule has 460 valence electrons. The van der Waals surface area contributed by atoms with Crippen molar-refractivity contribution in [1.82, 2.24) is 10.6 Å². The number of aliphatic hydroxyl groups is 11. The van der Waals surface area contributed by atoms with E-state index in [2.05, 4.69) is 31.4 Å². The van der Waals surface area contributed by atoms with E-state index in [1.54, 1.807) is 0 Å². The molecule has 0 spiro atoms. The Balaban J connectivity index is 2.03. The van der Waals surface area contributed by atoms with E-state index in [9.17, 15) is 75.7 Å². The van der Waals surface area contributed by atoms with Gasteiger partial charge in [-0.15, -0.1) is 0 Å². The second-order valence-electron chi connectivity index (χ2n) is 22.5. The summed E-state index contributed by atoms with van der Waals surface area (Å²) in [7, 11) is 0. The average molecular weight is 1130 g/mol. The van der Waals surface area contributed by atoms with E-state index in [0.717, 1.165) is 57.8 Å². The van der Waals surface area contributed by atoms with Gasteiger partial charge in [-0.1, -0.05) is 201 Å². The molecule has 0 aliphatic carbocycles. The number of aliphatic hydroxyl groups excluding tert-OH is 11. The van der Waals surface area contributed by atoms with E-state index in [1.807, 2.05) is 0 Å². The van der Waals surface area contributed by atoms with Gasteiger partial charge in [-0.3, -0.25) is 9.59 Å². The van der Waals surface area contributed by atoms with Crippen molar-refractivity contribution in [1.29, 1.82) is 0 Å². The molecule has 2 rings (SSSR count). The van der Waals surface area contributed by atoms with Gasteiger partial charge >= 0.3 is 5.97 Å². The molecule has 0 radical (unpaired) electrons. The molecule has 1 unspecified atom stereocenters. The zero-order chi connectivity index (χ0) is 57.9. The maximum atomic E-state index is 13.4. The summed E-state index contributed by atoms with van der Waals surface area (Å²) in [6, 6.07) is -3.03. The lowest BCUT2D eigenvalue weighted by Crippen LogP contribution is -2.68. The van der Waals surface area contributed by atoms with Gasteiger partial charge in [-0.25, -0.2) is 4.79 Å². The molecule has 0 aromatic rings. The number of nitrogens with one attached hydrogen (secondary N) is 2. The fourth-order valence-corrected chi connectivity index (χ4v) is 10.3. The maximum Gasteiger partial charge on any atom is 0.364 e. The summed E-state index contributed by atoms with van der Waals surface area (Å²) < 4.78 is 22.7. The molecule has 2 saturated heterocycles. The Morgan fingerprint density at radius 2 is 1.13 bits per heavy atom. The van der Waals surface area contributed by atoms with Crippen molar-refractivity contribution in [3.8, 4) is 0 Å². The molecule has 2 heterocycles. The first-order valence-electron chi connectivity index (χ1n) is 30.1. The van der Waals surface area contributed by atoms with Crippen molar-refractivity contribution in [2.24, 2.45) is 5.92 Å². The zero-order valence-electron chi connectivity index (χ0n) is 47.6. The summed E-state index contributed by atoms with van der Waals surface area (Å²) >= 11 is 0. The van der Waals surface area contributed by atoms with E-state index in [0.29, 0.717) is 18.8 Å². The van der Waals surface area contributed by atoms with Crippen LogP contribution in [0.25, 0.3) is 0 Å². The van der Waals surface area contributed by atoms with Crippen LogP contribution in [0.1, 0.15) is 220 Å². The Kier molecular flexibility index (Phi) is 38.5. The van der Waals surface area contributed by atoms with E-state index in [-0.39, 0.29) is 12.8 Å². The summed E-state index contributed by atoms with van der Waals surface area (Å²) in [6.07, 6.45) is 9.52. The topological polar surface area (TPSA) is 355 Å². The summed E-state index contributed by atoms with van der Waals surface area (Å²) in [5, 5.41) is 132. The lowest BCUT2D eigenvalue weighted by Gasteiger charge is -2.47. The minimum atomic E-state index is -2.89. The third-order valence-electron chi connectivity index (χ3n) is 15.8. The minimum Gasteiger partial charge on any atom is -0.477 e. The first kappa shape index (κ1) is 71.9. The molecule has 2 fully saturated rings. The highest BCUT2D eigenvalue weighted by atomic mass is 16.7. The molecular weight excluding hydrogens is 1020 g/mol. The maximum absolute atomic E-state index is 13.4. The highest BCUT2D eigenvalue weighted by molar-refractivity contribution is 5.80. The summed E-state index contributed by atoms with van der Waals surface area (Å²) in [5.74, 6) is -5.96. The predicted octanol–water partition coefficient (Wildman–Crippen LogP) is 3.90. The van der Waals surface area contributed by atoms with Crippen molar-refractivity contribution < 1.29 is 94.6 Å². The zero-order valence-corrected chi connectivity index (χ0v) is 47.6. The number of carbonyl (C=O) groups is 3. The molecule has 21 heteroatoms. The SMILES string of the molecule is CCCCCCCCCCCCCCCCCCCCC[C@@H](O)C(=O)N[C@@H](CO[C@@H]1O[C@H](CO[C@]2(C(=O)O)C[C@H](O)[C@@H](NC(=O)CO)[C@H]([C@H](O)[C@H](O)CO)O2)[C@@H](O)[C@H](O)[C@H]1O)[C@H](O)[C@H](O)CCCCCCCCCC(C)CC.